The molecule has 0 aliphatic heterocycles. The molecule has 0 spiro atoms. The maximum absolute atomic E-state index is 5.85. The van der Waals surface area contributed by atoms with E-state index in [1.54, 1.807) is 0 Å². The van der Waals surface area contributed by atoms with Gasteiger partial charge in [-0.25, -0.2) is 4.98 Å². The summed E-state index contributed by atoms with van der Waals surface area (Å²) in [7, 11) is 0. The van der Waals surface area contributed by atoms with E-state index in [0.29, 0.717) is 5.92 Å². The lowest BCUT2D eigenvalue weighted by Gasteiger charge is -2.30. The van der Waals surface area contributed by atoms with Crippen LogP contribution in [-0.4, -0.2) is 11.5 Å². The Morgan fingerprint density at radius 1 is 1.30 bits per heavy atom. The molecule has 4 heteroatoms. The summed E-state index contributed by atoms with van der Waals surface area (Å²) < 4.78 is 6.81. The molecule has 1 heterocycles. The topological polar surface area (TPSA) is 52.0 Å². The molecule has 3 nitrogen and oxygen atoms in total. The van der Waals surface area contributed by atoms with E-state index in [1.807, 2.05) is 18.2 Å². The van der Waals surface area contributed by atoms with E-state index in [4.69, 9.17) is 10.2 Å². The second kappa shape index (κ2) is 6.27. The summed E-state index contributed by atoms with van der Waals surface area (Å²) in [6.07, 6.45) is 2.97. The van der Waals surface area contributed by atoms with Crippen molar-refractivity contribution in [2.45, 2.75) is 40.0 Å². The molecule has 0 aliphatic carbocycles. The van der Waals surface area contributed by atoms with Crippen molar-refractivity contribution in [3.05, 3.63) is 28.6 Å². The van der Waals surface area contributed by atoms with E-state index >= 15 is 0 Å². The zero-order chi connectivity index (χ0) is 14.8. The van der Waals surface area contributed by atoms with Crippen molar-refractivity contribution in [1.29, 1.82) is 0 Å². The lowest BCUT2D eigenvalue weighted by Crippen LogP contribution is -2.24. The van der Waals surface area contributed by atoms with Gasteiger partial charge in [-0.2, -0.15) is 0 Å². The van der Waals surface area contributed by atoms with Gasteiger partial charge in [0.25, 0.3) is 0 Å². The highest BCUT2D eigenvalue weighted by atomic mass is 79.9. The minimum atomic E-state index is 0.270. The van der Waals surface area contributed by atoms with Crippen LogP contribution in [0.15, 0.2) is 27.1 Å². The number of nitrogens with zero attached hydrogens (tertiary/aromatic N) is 1. The molecule has 20 heavy (non-hydrogen) atoms. The van der Waals surface area contributed by atoms with Gasteiger partial charge in [-0.15, -0.1) is 0 Å². The van der Waals surface area contributed by atoms with Gasteiger partial charge < -0.3 is 10.2 Å². The Morgan fingerprint density at radius 3 is 2.65 bits per heavy atom. The van der Waals surface area contributed by atoms with Crippen molar-refractivity contribution < 1.29 is 4.42 Å². The van der Waals surface area contributed by atoms with Gasteiger partial charge in [0.1, 0.15) is 5.52 Å². The molecule has 0 saturated carbocycles. The Balaban J connectivity index is 2.10. The zero-order valence-electron chi connectivity index (χ0n) is 12.4. The Labute approximate surface area is 129 Å². The second-order valence-corrected chi connectivity index (χ2v) is 7.23. The molecular formula is C16H23BrN2O. The summed E-state index contributed by atoms with van der Waals surface area (Å²) in [4.78, 5) is 4.56. The molecule has 2 rings (SSSR count). The van der Waals surface area contributed by atoms with Gasteiger partial charge in [0.05, 0.1) is 4.47 Å². The van der Waals surface area contributed by atoms with Gasteiger partial charge in [-0.3, -0.25) is 0 Å². The Hall–Kier alpha value is -0.870. The molecule has 2 aromatic rings. The fraction of sp³-hybridized carbons (Fsp3) is 0.562. The third-order valence-electron chi connectivity index (χ3n) is 3.86. The van der Waals surface area contributed by atoms with Crippen LogP contribution >= 0.6 is 15.9 Å². The quantitative estimate of drug-likeness (QED) is 0.870. The van der Waals surface area contributed by atoms with Crippen molar-refractivity contribution in [3.63, 3.8) is 0 Å². The van der Waals surface area contributed by atoms with Crippen molar-refractivity contribution in [3.8, 4) is 0 Å². The van der Waals surface area contributed by atoms with Gasteiger partial charge >= 0.3 is 0 Å². The summed E-state index contributed by atoms with van der Waals surface area (Å²) in [5.41, 5.74) is 7.76. The van der Waals surface area contributed by atoms with Crippen molar-refractivity contribution in [1.82, 2.24) is 4.98 Å². The number of hydrogen-bond acceptors (Lipinski definition) is 3. The molecule has 0 saturated heterocycles. The van der Waals surface area contributed by atoms with E-state index in [1.165, 1.54) is 0 Å². The maximum atomic E-state index is 5.85. The monoisotopic (exact) mass is 338 g/mol. The lowest BCUT2D eigenvalue weighted by atomic mass is 9.76. The van der Waals surface area contributed by atoms with E-state index in [-0.39, 0.29) is 5.41 Å². The first kappa shape index (κ1) is 15.5. The second-order valence-electron chi connectivity index (χ2n) is 6.37. The third-order valence-corrected chi connectivity index (χ3v) is 4.48. The number of benzene rings is 1. The first-order valence-corrected chi connectivity index (χ1v) is 7.95. The lowest BCUT2D eigenvalue weighted by molar-refractivity contribution is 0.211. The van der Waals surface area contributed by atoms with E-state index in [2.05, 4.69) is 41.7 Å². The molecule has 1 atom stereocenters. The number of hydrogen-bond donors (Lipinski definition) is 1. The van der Waals surface area contributed by atoms with Gasteiger partial charge in [0, 0.05) is 6.42 Å². The third kappa shape index (κ3) is 3.61. The van der Waals surface area contributed by atoms with E-state index in [9.17, 15) is 0 Å². The van der Waals surface area contributed by atoms with Crippen LogP contribution in [0, 0.1) is 11.3 Å². The predicted molar refractivity (Wildman–Crippen MR) is 86.6 cm³/mol. The van der Waals surface area contributed by atoms with E-state index in [0.717, 1.165) is 47.3 Å². The average Bonchev–Trinajstić information content (AvgIpc) is 2.77. The highest BCUT2D eigenvalue weighted by molar-refractivity contribution is 9.10. The van der Waals surface area contributed by atoms with Crippen LogP contribution in [0.25, 0.3) is 11.1 Å². The molecule has 2 N–H and O–H groups in total. The predicted octanol–water partition coefficient (Wildman–Crippen LogP) is 4.53. The number of halogens is 1. The fourth-order valence-electron chi connectivity index (χ4n) is 2.58. The summed E-state index contributed by atoms with van der Waals surface area (Å²) in [5.74, 6) is 1.41. The normalized spacial score (nSPS) is 13.8. The minimum Gasteiger partial charge on any atom is -0.440 e. The first-order valence-electron chi connectivity index (χ1n) is 7.16. The zero-order valence-corrected chi connectivity index (χ0v) is 14.0. The highest BCUT2D eigenvalue weighted by Gasteiger charge is 2.24. The Bertz CT molecular complexity index is 571. The number of oxazole rings is 1. The number of nitrogens with two attached hydrogens (primary N) is 1. The largest absolute Gasteiger partial charge is 0.440 e. The van der Waals surface area contributed by atoms with Crippen LogP contribution in [0.4, 0.5) is 0 Å². The van der Waals surface area contributed by atoms with Crippen LogP contribution in [0.3, 0.4) is 0 Å². The Kier molecular flexibility index (Phi) is 4.86. The van der Waals surface area contributed by atoms with Gasteiger partial charge in [-0.1, -0.05) is 26.8 Å². The minimum absolute atomic E-state index is 0.270. The molecular weight excluding hydrogens is 316 g/mol. The molecule has 1 aromatic heterocycles. The van der Waals surface area contributed by atoms with Crippen molar-refractivity contribution in [2.75, 3.05) is 6.54 Å². The van der Waals surface area contributed by atoms with Crippen LogP contribution < -0.4 is 5.73 Å². The van der Waals surface area contributed by atoms with Gasteiger partial charge in [0.2, 0.25) is 0 Å². The molecule has 0 bridgehead atoms. The Morgan fingerprint density at radius 2 is 2.05 bits per heavy atom. The number of rotatable bonds is 5. The van der Waals surface area contributed by atoms with Crippen LogP contribution in [-0.2, 0) is 6.42 Å². The molecule has 1 aromatic carbocycles. The SMILES string of the molecule is CC(C)(C)C(CCN)CCc1nc2cccc(Br)c2o1. The number of para-hydroxylation sites is 1. The maximum Gasteiger partial charge on any atom is 0.195 e. The average molecular weight is 339 g/mol. The highest BCUT2D eigenvalue weighted by Crippen LogP contribution is 2.33. The van der Waals surface area contributed by atoms with Crippen molar-refractivity contribution >= 4 is 27.0 Å². The standard InChI is InChI=1S/C16H23BrN2O/c1-16(2,3)11(9-10-18)7-8-14-19-13-6-4-5-12(17)15(13)20-14/h4-6,11H,7-10,18H2,1-3H3. The smallest absolute Gasteiger partial charge is 0.195 e. The molecule has 1 unspecified atom stereocenters. The van der Waals surface area contributed by atoms with E-state index < -0.39 is 0 Å². The summed E-state index contributed by atoms with van der Waals surface area (Å²) >= 11 is 3.50. The number of aromatic nitrogens is 1. The summed E-state index contributed by atoms with van der Waals surface area (Å²) in [6.45, 7) is 7.56. The summed E-state index contributed by atoms with van der Waals surface area (Å²) in [5, 5.41) is 0. The molecule has 0 radical (unpaired) electrons. The van der Waals surface area contributed by atoms with Crippen LogP contribution in [0.1, 0.15) is 39.5 Å². The fourth-order valence-corrected chi connectivity index (χ4v) is 3.01. The first-order chi connectivity index (χ1) is 9.41. The molecule has 0 fully saturated rings. The van der Waals surface area contributed by atoms with Crippen molar-refractivity contribution in [2.24, 2.45) is 17.1 Å². The molecule has 0 amide bonds. The van der Waals surface area contributed by atoms with Crippen LogP contribution in [0.5, 0.6) is 0 Å². The molecule has 110 valence electrons. The van der Waals surface area contributed by atoms with Gasteiger partial charge in [-0.05, 0) is 58.8 Å². The number of fused-ring (bicyclic) bond motifs is 1. The van der Waals surface area contributed by atoms with Crippen LogP contribution in [0.2, 0.25) is 0 Å². The number of aryl methyl sites for hydroxylation is 1. The molecule has 0 aliphatic rings. The summed E-state index contributed by atoms with van der Waals surface area (Å²) in [6, 6.07) is 5.93. The van der Waals surface area contributed by atoms with Gasteiger partial charge in [0.15, 0.2) is 11.5 Å².